The van der Waals surface area contributed by atoms with Crippen molar-refractivity contribution in [1.82, 2.24) is 20.1 Å². The number of ether oxygens (including phenoxy) is 1. The SMILES string of the molecule is Cc1cc(=O)c(C(=O)NCc2ccnc(N3CCOCC3)c2)nn1-c1cccc(C(F)(F)F)c1. The van der Waals surface area contributed by atoms with Crippen molar-refractivity contribution in [1.29, 1.82) is 0 Å². The fourth-order valence-electron chi connectivity index (χ4n) is 3.58. The van der Waals surface area contributed by atoms with Crippen LogP contribution in [0, 0.1) is 6.92 Å². The Labute approximate surface area is 193 Å². The number of carbonyl (C=O) groups excluding carboxylic acids is 1. The van der Waals surface area contributed by atoms with Crippen molar-refractivity contribution in [2.75, 3.05) is 31.2 Å². The van der Waals surface area contributed by atoms with Crippen molar-refractivity contribution < 1.29 is 22.7 Å². The summed E-state index contributed by atoms with van der Waals surface area (Å²) < 4.78 is 45.8. The van der Waals surface area contributed by atoms with Gasteiger partial charge in [0.25, 0.3) is 5.91 Å². The van der Waals surface area contributed by atoms with Gasteiger partial charge >= 0.3 is 6.18 Å². The van der Waals surface area contributed by atoms with E-state index < -0.39 is 28.8 Å². The highest BCUT2D eigenvalue weighted by molar-refractivity contribution is 5.92. The Balaban J connectivity index is 1.54. The van der Waals surface area contributed by atoms with Gasteiger partial charge in [0.15, 0.2) is 5.69 Å². The van der Waals surface area contributed by atoms with Crippen LogP contribution < -0.4 is 15.6 Å². The quantitative estimate of drug-likeness (QED) is 0.613. The molecule has 0 bridgehead atoms. The number of pyridine rings is 1. The Bertz CT molecular complexity index is 1250. The largest absolute Gasteiger partial charge is 0.416 e. The first kappa shape index (κ1) is 23.4. The molecule has 2 aromatic heterocycles. The molecule has 34 heavy (non-hydrogen) atoms. The van der Waals surface area contributed by atoms with E-state index >= 15 is 0 Å². The number of alkyl halides is 3. The van der Waals surface area contributed by atoms with Gasteiger partial charge in [0.1, 0.15) is 5.82 Å². The molecular formula is C23H22F3N5O3. The zero-order valence-corrected chi connectivity index (χ0v) is 18.3. The third-order valence-corrected chi connectivity index (χ3v) is 5.34. The number of carbonyl (C=O) groups is 1. The third-order valence-electron chi connectivity index (χ3n) is 5.34. The summed E-state index contributed by atoms with van der Waals surface area (Å²) in [5.41, 5.74) is -0.733. The average molecular weight is 473 g/mol. The second-order valence-corrected chi connectivity index (χ2v) is 7.76. The standard InChI is InChI=1S/C23H22F3N5O3/c1-15-11-19(32)21(29-31(15)18-4-2-3-17(13-18)23(24,25)26)22(33)28-14-16-5-6-27-20(12-16)30-7-9-34-10-8-30/h2-6,11-13H,7-10,14H2,1H3,(H,28,33). The van der Waals surface area contributed by atoms with Gasteiger partial charge < -0.3 is 15.0 Å². The zero-order valence-electron chi connectivity index (χ0n) is 18.3. The average Bonchev–Trinajstić information content (AvgIpc) is 2.83. The normalized spacial score (nSPS) is 14.2. The molecule has 4 rings (SSSR count). The number of amides is 1. The molecular weight excluding hydrogens is 451 g/mol. The summed E-state index contributed by atoms with van der Waals surface area (Å²) in [6, 6.07) is 9.28. The smallest absolute Gasteiger partial charge is 0.378 e. The molecule has 1 N–H and O–H groups in total. The lowest BCUT2D eigenvalue weighted by molar-refractivity contribution is -0.137. The Hall–Kier alpha value is -3.73. The summed E-state index contributed by atoms with van der Waals surface area (Å²) in [4.78, 5) is 31.6. The van der Waals surface area contributed by atoms with E-state index in [1.807, 2.05) is 6.07 Å². The number of benzene rings is 1. The number of rotatable bonds is 5. The van der Waals surface area contributed by atoms with E-state index in [9.17, 15) is 22.8 Å². The maximum Gasteiger partial charge on any atom is 0.416 e. The first-order valence-electron chi connectivity index (χ1n) is 10.6. The van der Waals surface area contributed by atoms with E-state index in [0.29, 0.717) is 32.0 Å². The maximum atomic E-state index is 13.1. The van der Waals surface area contributed by atoms with Gasteiger partial charge in [-0.25, -0.2) is 9.67 Å². The second-order valence-electron chi connectivity index (χ2n) is 7.76. The fourth-order valence-corrected chi connectivity index (χ4v) is 3.58. The van der Waals surface area contributed by atoms with Crippen LogP contribution in [0.5, 0.6) is 0 Å². The minimum absolute atomic E-state index is 0.0886. The van der Waals surface area contributed by atoms with Gasteiger partial charge in [0.2, 0.25) is 5.43 Å². The first-order valence-corrected chi connectivity index (χ1v) is 10.6. The number of aryl methyl sites for hydroxylation is 1. The topological polar surface area (TPSA) is 89.3 Å². The molecule has 1 amide bonds. The van der Waals surface area contributed by atoms with Crippen LogP contribution in [0.4, 0.5) is 19.0 Å². The predicted molar refractivity (Wildman–Crippen MR) is 118 cm³/mol. The molecule has 11 heteroatoms. The number of nitrogens with zero attached hydrogens (tertiary/aromatic N) is 4. The fraction of sp³-hybridized carbons (Fsp3) is 0.304. The molecule has 0 spiro atoms. The van der Waals surface area contributed by atoms with Gasteiger partial charge in [-0.15, -0.1) is 0 Å². The highest BCUT2D eigenvalue weighted by Gasteiger charge is 2.30. The molecule has 0 aliphatic carbocycles. The number of nitrogens with one attached hydrogen (secondary N) is 1. The molecule has 178 valence electrons. The highest BCUT2D eigenvalue weighted by Crippen LogP contribution is 2.30. The van der Waals surface area contributed by atoms with Crippen molar-refractivity contribution in [3.8, 4) is 5.69 Å². The summed E-state index contributed by atoms with van der Waals surface area (Å²) in [7, 11) is 0. The summed E-state index contributed by atoms with van der Waals surface area (Å²) in [6.07, 6.45) is -2.90. The van der Waals surface area contributed by atoms with E-state index in [1.165, 1.54) is 25.1 Å². The zero-order chi connectivity index (χ0) is 24.3. The number of anilines is 1. The van der Waals surface area contributed by atoms with Crippen LogP contribution in [0.25, 0.3) is 5.69 Å². The van der Waals surface area contributed by atoms with Gasteiger partial charge in [-0.05, 0) is 42.8 Å². The lowest BCUT2D eigenvalue weighted by atomic mass is 10.2. The van der Waals surface area contributed by atoms with Crippen LogP contribution in [-0.4, -0.2) is 47.0 Å². The summed E-state index contributed by atoms with van der Waals surface area (Å²) >= 11 is 0. The van der Waals surface area contributed by atoms with E-state index in [4.69, 9.17) is 4.74 Å². The summed E-state index contributed by atoms with van der Waals surface area (Å²) in [5, 5.41) is 6.71. The molecule has 1 aliphatic rings. The Kier molecular flexibility index (Phi) is 6.64. The Morgan fingerprint density at radius 1 is 1.15 bits per heavy atom. The van der Waals surface area contributed by atoms with Crippen molar-refractivity contribution in [2.24, 2.45) is 0 Å². The van der Waals surface area contributed by atoms with E-state index in [1.54, 1.807) is 12.3 Å². The van der Waals surface area contributed by atoms with Crippen LogP contribution in [0.15, 0.2) is 53.5 Å². The van der Waals surface area contributed by atoms with Crippen molar-refractivity contribution in [2.45, 2.75) is 19.6 Å². The molecule has 0 radical (unpaired) electrons. The first-order chi connectivity index (χ1) is 16.2. The number of morpholine rings is 1. The molecule has 0 saturated carbocycles. The van der Waals surface area contributed by atoms with E-state index in [-0.39, 0.29) is 12.2 Å². The van der Waals surface area contributed by atoms with Gasteiger partial charge in [-0.3, -0.25) is 9.59 Å². The van der Waals surface area contributed by atoms with Gasteiger partial charge in [0.05, 0.1) is 24.5 Å². The monoisotopic (exact) mass is 473 g/mol. The molecule has 1 fully saturated rings. The van der Waals surface area contributed by atoms with E-state index in [2.05, 4.69) is 20.3 Å². The van der Waals surface area contributed by atoms with Crippen LogP contribution in [-0.2, 0) is 17.5 Å². The van der Waals surface area contributed by atoms with Crippen LogP contribution in [0.1, 0.15) is 27.3 Å². The maximum absolute atomic E-state index is 13.1. The lowest BCUT2D eigenvalue weighted by Gasteiger charge is -2.28. The Morgan fingerprint density at radius 2 is 1.91 bits per heavy atom. The number of halogens is 3. The summed E-state index contributed by atoms with van der Waals surface area (Å²) in [5.74, 6) is 0.0332. The lowest BCUT2D eigenvalue weighted by Crippen LogP contribution is -2.36. The predicted octanol–water partition coefficient (Wildman–Crippen LogP) is 2.72. The van der Waals surface area contributed by atoms with Gasteiger partial charge in [0, 0.05) is 37.6 Å². The van der Waals surface area contributed by atoms with Crippen molar-refractivity contribution >= 4 is 11.7 Å². The number of hydrogen-bond donors (Lipinski definition) is 1. The minimum atomic E-state index is -4.53. The molecule has 1 saturated heterocycles. The molecule has 1 aromatic carbocycles. The van der Waals surface area contributed by atoms with Crippen LogP contribution >= 0.6 is 0 Å². The van der Waals surface area contributed by atoms with Gasteiger partial charge in [-0.1, -0.05) is 6.07 Å². The summed E-state index contributed by atoms with van der Waals surface area (Å²) in [6.45, 7) is 4.30. The molecule has 3 heterocycles. The van der Waals surface area contributed by atoms with Crippen LogP contribution in [0.2, 0.25) is 0 Å². The van der Waals surface area contributed by atoms with Crippen molar-refractivity contribution in [3.63, 3.8) is 0 Å². The third kappa shape index (κ3) is 5.25. The van der Waals surface area contributed by atoms with Crippen LogP contribution in [0.3, 0.4) is 0 Å². The van der Waals surface area contributed by atoms with Gasteiger partial charge in [-0.2, -0.15) is 18.3 Å². The molecule has 8 nitrogen and oxygen atoms in total. The molecule has 0 unspecified atom stereocenters. The molecule has 3 aromatic rings. The Morgan fingerprint density at radius 3 is 2.65 bits per heavy atom. The molecule has 0 atom stereocenters. The number of hydrogen-bond acceptors (Lipinski definition) is 6. The van der Waals surface area contributed by atoms with E-state index in [0.717, 1.165) is 28.2 Å². The minimum Gasteiger partial charge on any atom is -0.378 e. The number of aromatic nitrogens is 3. The second kappa shape index (κ2) is 9.64. The molecule has 1 aliphatic heterocycles. The highest BCUT2D eigenvalue weighted by atomic mass is 19.4. The van der Waals surface area contributed by atoms with Crippen molar-refractivity contribution in [3.05, 3.63) is 81.4 Å².